The quantitative estimate of drug-likeness (QED) is 0.786. The van der Waals surface area contributed by atoms with Gasteiger partial charge in [0.2, 0.25) is 0 Å². The standard InChI is InChI=1S/C12H12F3NO4S/c1-2-3-10(11(17)18)16-8-4-6-9(7-5-8)21(19,20)12(13,14)15/h2,4-7,10,16H,1,3H2,(H,17,18). The number of rotatable bonds is 6. The number of alkyl halides is 3. The van der Waals surface area contributed by atoms with E-state index in [4.69, 9.17) is 5.11 Å². The first-order valence-corrected chi connectivity index (χ1v) is 7.09. The zero-order valence-electron chi connectivity index (χ0n) is 10.6. The van der Waals surface area contributed by atoms with Crippen molar-refractivity contribution in [3.63, 3.8) is 0 Å². The molecule has 0 saturated heterocycles. The van der Waals surface area contributed by atoms with Crippen LogP contribution in [0.25, 0.3) is 0 Å². The van der Waals surface area contributed by atoms with E-state index in [0.29, 0.717) is 0 Å². The molecule has 0 amide bonds. The van der Waals surface area contributed by atoms with Crippen molar-refractivity contribution in [2.24, 2.45) is 0 Å². The number of nitrogens with one attached hydrogen (secondary N) is 1. The number of halogens is 3. The molecule has 1 unspecified atom stereocenters. The second-order valence-electron chi connectivity index (χ2n) is 4.03. The van der Waals surface area contributed by atoms with Crippen molar-refractivity contribution >= 4 is 21.5 Å². The van der Waals surface area contributed by atoms with Crippen molar-refractivity contribution in [1.82, 2.24) is 0 Å². The number of carbonyl (C=O) groups is 1. The van der Waals surface area contributed by atoms with Gasteiger partial charge >= 0.3 is 11.5 Å². The van der Waals surface area contributed by atoms with Crippen LogP contribution < -0.4 is 5.32 Å². The Balaban J connectivity index is 2.98. The van der Waals surface area contributed by atoms with E-state index in [9.17, 15) is 26.4 Å². The summed E-state index contributed by atoms with van der Waals surface area (Å²) in [6.45, 7) is 3.39. The lowest BCUT2D eigenvalue weighted by Gasteiger charge is -2.14. The average molecular weight is 323 g/mol. The van der Waals surface area contributed by atoms with Gasteiger partial charge in [0.1, 0.15) is 6.04 Å². The van der Waals surface area contributed by atoms with Crippen molar-refractivity contribution in [3.8, 4) is 0 Å². The fourth-order valence-electron chi connectivity index (χ4n) is 1.45. The van der Waals surface area contributed by atoms with Crippen molar-refractivity contribution < 1.29 is 31.5 Å². The van der Waals surface area contributed by atoms with Gasteiger partial charge in [0.25, 0.3) is 9.84 Å². The van der Waals surface area contributed by atoms with Crippen LogP contribution in [0, 0.1) is 0 Å². The van der Waals surface area contributed by atoms with E-state index < -0.39 is 32.3 Å². The Morgan fingerprint density at radius 1 is 1.33 bits per heavy atom. The lowest BCUT2D eigenvalue weighted by atomic mass is 10.2. The minimum absolute atomic E-state index is 0.0952. The molecule has 1 aromatic rings. The number of carboxylic acid groups (broad SMARTS) is 1. The van der Waals surface area contributed by atoms with Crippen LogP contribution in [0.5, 0.6) is 0 Å². The summed E-state index contributed by atoms with van der Waals surface area (Å²) < 4.78 is 59.3. The highest BCUT2D eigenvalue weighted by Gasteiger charge is 2.46. The third-order valence-corrected chi connectivity index (χ3v) is 4.01. The van der Waals surface area contributed by atoms with Crippen molar-refractivity contribution in [2.75, 3.05) is 5.32 Å². The highest BCUT2D eigenvalue weighted by Crippen LogP contribution is 2.30. The topological polar surface area (TPSA) is 83.5 Å². The molecule has 0 fully saturated rings. The first kappa shape index (κ1) is 17.0. The molecule has 116 valence electrons. The van der Waals surface area contributed by atoms with Crippen molar-refractivity contribution in [2.45, 2.75) is 22.9 Å². The van der Waals surface area contributed by atoms with Crippen LogP contribution in [0.4, 0.5) is 18.9 Å². The average Bonchev–Trinajstić information content (AvgIpc) is 2.37. The number of hydrogen-bond acceptors (Lipinski definition) is 4. The Kier molecular flexibility index (Phi) is 5.00. The molecule has 2 N–H and O–H groups in total. The van der Waals surface area contributed by atoms with Crippen molar-refractivity contribution in [1.29, 1.82) is 0 Å². The van der Waals surface area contributed by atoms with Gasteiger partial charge in [0.05, 0.1) is 4.90 Å². The Labute approximate surface area is 119 Å². The molecular weight excluding hydrogens is 311 g/mol. The molecule has 0 saturated carbocycles. The first-order valence-electron chi connectivity index (χ1n) is 5.61. The van der Waals surface area contributed by atoms with Gasteiger partial charge in [-0.15, -0.1) is 6.58 Å². The Bertz CT molecular complexity index is 623. The van der Waals surface area contributed by atoms with Crippen LogP contribution in [-0.4, -0.2) is 31.0 Å². The summed E-state index contributed by atoms with van der Waals surface area (Å²) in [6.07, 6.45) is 1.46. The number of hydrogen-bond donors (Lipinski definition) is 2. The molecule has 0 aliphatic heterocycles. The summed E-state index contributed by atoms with van der Waals surface area (Å²) in [5.74, 6) is -1.16. The Morgan fingerprint density at radius 3 is 2.24 bits per heavy atom. The number of anilines is 1. The maximum Gasteiger partial charge on any atom is 0.501 e. The van der Waals surface area contributed by atoms with E-state index >= 15 is 0 Å². The highest BCUT2D eigenvalue weighted by molar-refractivity contribution is 7.92. The van der Waals surface area contributed by atoms with Gasteiger partial charge in [-0.2, -0.15) is 13.2 Å². The first-order chi connectivity index (χ1) is 9.59. The van der Waals surface area contributed by atoms with Gasteiger partial charge in [-0.1, -0.05) is 6.08 Å². The maximum absolute atomic E-state index is 12.3. The minimum Gasteiger partial charge on any atom is -0.480 e. The molecule has 0 aliphatic carbocycles. The lowest BCUT2D eigenvalue weighted by molar-refractivity contribution is -0.137. The second kappa shape index (κ2) is 6.17. The summed E-state index contributed by atoms with van der Waals surface area (Å²) in [7, 11) is -5.41. The molecule has 1 rings (SSSR count). The van der Waals surface area contributed by atoms with Crippen LogP contribution in [0.3, 0.4) is 0 Å². The molecule has 21 heavy (non-hydrogen) atoms. The fraction of sp³-hybridized carbons (Fsp3) is 0.250. The SMILES string of the molecule is C=CCC(Nc1ccc(S(=O)(=O)C(F)(F)F)cc1)C(=O)O. The van der Waals surface area contributed by atoms with Crippen LogP contribution >= 0.6 is 0 Å². The molecule has 0 radical (unpaired) electrons. The van der Waals surface area contributed by atoms with Crippen LogP contribution in [0.1, 0.15) is 6.42 Å². The summed E-state index contributed by atoms with van der Waals surface area (Å²) in [5.41, 5.74) is -5.20. The minimum atomic E-state index is -5.41. The summed E-state index contributed by atoms with van der Waals surface area (Å²) in [5, 5.41) is 11.5. The number of carboxylic acids is 1. The Morgan fingerprint density at radius 2 is 1.86 bits per heavy atom. The van der Waals surface area contributed by atoms with E-state index in [0.717, 1.165) is 24.3 Å². The summed E-state index contributed by atoms with van der Waals surface area (Å²) in [4.78, 5) is 9.99. The predicted molar refractivity (Wildman–Crippen MR) is 69.5 cm³/mol. The van der Waals surface area contributed by atoms with Gasteiger partial charge in [0.15, 0.2) is 0 Å². The van der Waals surface area contributed by atoms with Crippen molar-refractivity contribution in [3.05, 3.63) is 36.9 Å². The monoisotopic (exact) mass is 323 g/mol. The highest BCUT2D eigenvalue weighted by atomic mass is 32.2. The zero-order valence-corrected chi connectivity index (χ0v) is 11.4. The number of sulfone groups is 1. The van der Waals surface area contributed by atoms with Gasteiger partial charge < -0.3 is 10.4 Å². The maximum atomic E-state index is 12.3. The van der Waals surface area contributed by atoms with Gasteiger partial charge in [-0.3, -0.25) is 0 Å². The van der Waals surface area contributed by atoms with E-state index in [1.54, 1.807) is 0 Å². The number of aliphatic carboxylic acids is 1. The number of benzene rings is 1. The summed E-state index contributed by atoms with van der Waals surface area (Å²) >= 11 is 0. The third kappa shape index (κ3) is 3.97. The molecule has 1 atom stereocenters. The second-order valence-corrected chi connectivity index (χ2v) is 5.97. The molecule has 5 nitrogen and oxygen atoms in total. The van der Waals surface area contributed by atoms with Crippen LogP contribution in [-0.2, 0) is 14.6 Å². The summed E-state index contributed by atoms with van der Waals surface area (Å²) in [6, 6.07) is 2.65. The predicted octanol–water partition coefficient (Wildman–Crippen LogP) is 2.42. The molecular formula is C12H12F3NO4S. The lowest BCUT2D eigenvalue weighted by Crippen LogP contribution is -2.28. The molecule has 0 heterocycles. The normalized spacial score (nSPS) is 13.5. The van der Waals surface area contributed by atoms with E-state index in [2.05, 4.69) is 11.9 Å². The zero-order chi connectivity index (χ0) is 16.3. The molecule has 0 bridgehead atoms. The van der Waals surface area contributed by atoms with Gasteiger partial charge in [0, 0.05) is 5.69 Å². The molecule has 1 aromatic carbocycles. The molecule has 0 spiro atoms. The Hall–Kier alpha value is -2.03. The van der Waals surface area contributed by atoms with E-state index in [1.165, 1.54) is 6.08 Å². The molecule has 0 aliphatic rings. The van der Waals surface area contributed by atoms with Crippen LogP contribution in [0.2, 0.25) is 0 Å². The van der Waals surface area contributed by atoms with E-state index in [-0.39, 0.29) is 12.1 Å². The van der Waals surface area contributed by atoms with Gasteiger partial charge in [-0.25, -0.2) is 13.2 Å². The smallest absolute Gasteiger partial charge is 0.480 e. The largest absolute Gasteiger partial charge is 0.501 e. The molecule has 0 aromatic heterocycles. The van der Waals surface area contributed by atoms with Gasteiger partial charge in [-0.05, 0) is 30.7 Å². The fourth-order valence-corrected chi connectivity index (χ4v) is 2.21. The van der Waals surface area contributed by atoms with Crippen LogP contribution in [0.15, 0.2) is 41.8 Å². The van der Waals surface area contributed by atoms with E-state index in [1.807, 2.05) is 0 Å². The third-order valence-electron chi connectivity index (χ3n) is 2.51. The molecule has 9 heteroatoms.